The highest BCUT2D eigenvalue weighted by Gasteiger charge is 2.37. The van der Waals surface area contributed by atoms with Crippen molar-refractivity contribution in [3.05, 3.63) is 18.2 Å². The van der Waals surface area contributed by atoms with Gasteiger partial charge in [0.1, 0.15) is 5.60 Å². The van der Waals surface area contributed by atoms with Gasteiger partial charge in [0.05, 0.1) is 6.33 Å². The number of amides is 1. The van der Waals surface area contributed by atoms with E-state index in [-0.39, 0.29) is 6.09 Å². The first-order chi connectivity index (χ1) is 8.94. The summed E-state index contributed by atoms with van der Waals surface area (Å²) in [5.74, 6) is 0.413. The predicted molar refractivity (Wildman–Crippen MR) is 71.0 cm³/mol. The van der Waals surface area contributed by atoms with Gasteiger partial charge in [-0.2, -0.15) is 0 Å². The molecule has 0 N–H and O–H groups in total. The molecule has 3 rings (SSSR count). The molecule has 2 fully saturated rings. The van der Waals surface area contributed by atoms with Crippen molar-refractivity contribution in [1.29, 1.82) is 0 Å². The fourth-order valence-corrected chi connectivity index (χ4v) is 2.43. The van der Waals surface area contributed by atoms with Gasteiger partial charge in [-0.1, -0.05) is 0 Å². The first-order valence-corrected chi connectivity index (χ1v) is 6.94. The van der Waals surface area contributed by atoms with Crippen molar-refractivity contribution >= 4 is 6.09 Å². The molecule has 0 radical (unpaired) electrons. The molecule has 1 aromatic heterocycles. The van der Waals surface area contributed by atoms with Gasteiger partial charge in [0.15, 0.2) is 0 Å². The number of imidazole rings is 1. The Morgan fingerprint density at radius 1 is 1.37 bits per heavy atom. The summed E-state index contributed by atoms with van der Waals surface area (Å²) >= 11 is 0. The fourth-order valence-electron chi connectivity index (χ4n) is 2.43. The third-order valence-electron chi connectivity index (χ3n) is 3.59. The maximum absolute atomic E-state index is 11.9. The number of likely N-dealkylation sites (tertiary alicyclic amines) is 1. The highest BCUT2D eigenvalue weighted by molar-refractivity contribution is 5.69. The van der Waals surface area contributed by atoms with Gasteiger partial charge in [0.25, 0.3) is 0 Å². The van der Waals surface area contributed by atoms with Crippen molar-refractivity contribution in [2.75, 3.05) is 13.1 Å². The zero-order valence-electron chi connectivity index (χ0n) is 11.8. The maximum Gasteiger partial charge on any atom is 0.410 e. The maximum atomic E-state index is 11.9. The Labute approximate surface area is 113 Å². The molecule has 0 unspecified atom stereocenters. The summed E-state index contributed by atoms with van der Waals surface area (Å²) in [6.07, 6.45) is 6.16. The second-order valence-corrected chi connectivity index (χ2v) is 6.54. The summed E-state index contributed by atoms with van der Waals surface area (Å²) in [5, 5.41) is 0. The van der Waals surface area contributed by atoms with Crippen molar-refractivity contribution in [3.63, 3.8) is 0 Å². The van der Waals surface area contributed by atoms with Crippen molar-refractivity contribution in [3.8, 4) is 0 Å². The molecule has 0 bridgehead atoms. The van der Waals surface area contributed by atoms with Crippen LogP contribution in [0.3, 0.4) is 0 Å². The summed E-state index contributed by atoms with van der Waals surface area (Å²) in [5.41, 5.74) is 0.847. The second kappa shape index (κ2) is 4.25. The summed E-state index contributed by atoms with van der Waals surface area (Å²) in [7, 11) is 0. The average molecular weight is 263 g/mol. The van der Waals surface area contributed by atoms with Crippen LogP contribution in [-0.2, 0) is 4.74 Å². The van der Waals surface area contributed by atoms with Gasteiger partial charge in [-0.25, -0.2) is 9.78 Å². The molecule has 2 heterocycles. The van der Waals surface area contributed by atoms with E-state index in [4.69, 9.17) is 4.74 Å². The zero-order valence-corrected chi connectivity index (χ0v) is 11.8. The highest BCUT2D eigenvalue weighted by atomic mass is 16.6. The first kappa shape index (κ1) is 12.5. The van der Waals surface area contributed by atoms with Crippen molar-refractivity contribution in [2.24, 2.45) is 0 Å². The number of hydrogen-bond acceptors (Lipinski definition) is 3. The number of aromatic nitrogens is 2. The molecule has 1 saturated heterocycles. The number of rotatable bonds is 2. The van der Waals surface area contributed by atoms with Gasteiger partial charge in [0, 0.05) is 36.9 Å². The Balaban J connectivity index is 1.57. The van der Waals surface area contributed by atoms with E-state index in [0.29, 0.717) is 12.0 Å². The average Bonchev–Trinajstić information content (AvgIpc) is 2.94. The minimum Gasteiger partial charge on any atom is -0.444 e. The lowest BCUT2D eigenvalue weighted by molar-refractivity contribution is 0.00759. The summed E-state index contributed by atoms with van der Waals surface area (Å²) in [6.45, 7) is 7.17. The monoisotopic (exact) mass is 263 g/mol. The quantitative estimate of drug-likeness (QED) is 0.824. The normalized spacial score (nSPS) is 20.3. The van der Waals surface area contributed by atoms with Gasteiger partial charge in [-0.05, 0) is 33.6 Å². The first-order valence-electron chi connectivity index (χ1n) is 6.94. The predicted octanol–water partition coefficient (Wildman–Crippen LogP) is 2.55. The van der Waals surface area contributed by atoms with E-state index in [2.05, 4.69) is 9.55 Å². The molecular weight excluding hydrogens is 242 g/mol. The summed E-state index contributed by atoms with van der Waals surface area (Å²) in [4.78, 5) is 17.9. The summed E-state index contributed by atoms with van der Waals surface area (Å²) < 4.78 is 7.64. The molecule has 0 aromatic carbocycles. The van der Waals surface area contributed by atoms with E-state index in [1.165, 1.54) is 18.5 Å². The summed E-state index contributed by atoms with van der Waals surface area (Å²) in [6, 6.07) is 0.646. The minimum atomic E-state index is -0.419. The van der Waals surface area contributed by atoms with Crippen LogP contribution in [0.1, 0.15) is 51.3 Å². The Hall–Kier alpha value is -1.52. The molecule has 19 heavy (non-hydrogen) atoms. The lowest BCUT2D eigenvalue weighted by Crippen LogP contribution is -2.50. The Kier molecular flexibility index (Phi) is 2.80. The molecular formula is C14H21N3O2. The van der Waals surface area contributed by atoms with Gasteiger partial charge >= 0.3 is 6.09 Å². The van der Waals surface area contributed by atoms with E-state index < -0.39 is 5.60 Å². The van der Waals surface area contributed by atoms with Crippen LogP contribution in [0.25, 0.3) is 0 Å². The molecule has 2 aliphatic rings. The topological polar surface area (TPSA) is 47.4 Å². The van der Waals surface area contributed by atoms with Crippen molar-refractivity contribution < 1.29 is 9.53 Å². The van der Waals surface area contributed by atoms with E-state index in [0.717, 1.165) is 13.1 Å². The molecule has 0 atom stereocenters. The van der Waals surface area contributed by atoms with Crippen LogP contribution in [0.2, 0.25) is 0 Å². The molecule has 0 spiro atoms. The molecule has 5 nitrogen and oxygen atoms in total. The second-order valence-electron chi connectivity index (χ2n) is 6.54. The lowest BCUT2D eigenvalue weighted by atomic mass is 9.97. The molecule has 1 saturated carbocycles. The lowest BCUT2D eigenvalue weighted by Gasteiger charge is -2.40. The van der Waals surface area contributed by atoms with Crippen molar-refractivity contribution in [1.82, 2.24) is 14.5 Å². The Morgan fingerprint density at radius 3 is 2.63 bits per heavy atom. The SMILES string of the molecule is CC(C)(C)OC(=O)N1CC(c2cncn2C2CC2)C1. The van der Waals surface area contributed by atoms with Gasteiger partial charge in [-0.3, -0.25) is 0 Å². The van der Waals surface area contributed by atoms with Crippen LogP contribution in [0.15, 0.2) is 12.5 Å². The number of hydrogen-bond donors (Lipinski definition) is 0. The third-order valence-corrected chi connectivity index (χ3v) is 3.59. The van der Waals surface area contributed by atoms with Crippen molar-refractivity contribution in [2.45, 2.75) is 51.2 Å². The van der Waals surface area contributed by atoms with Crippen LogP contribution in [0, 0.1) is 0 Å². The number of carbonyl (C=O) groups is 1. The van der Waals surface area contributed by atoms with Gasteiger partial charge < -0.3 is 14.2 Å². The standard InChI is InChI=1S/C14H21N3O2/c1-14(2,3)19-13(18)16-7-10(8-16)12-6-15-9-17(12)11-4-5-11/h6,9-11H,4-5,7-8H2,1-3H3. The van der Waals surface area contributed by atoms with E-state index in [1.54, 1.807) is 4.90 Å². The van der Waals surface area contributed by atoms with Crippen LogP contribution in [0.4, 0.5) is 4.79 Å². The smallest absolute Gasteiger partial charge is 0.410 e. The van der Waals surface area contributed by atoms with E-state index in [9.17, 15) is 4.79 Å². The van der Waals surface area contributed by atoms with E-state index >= 15 is 0 Å². The highest BCUT2D eigenvalue weighted by Crippen LogP contribution is 2.39. The van der Waals surface area contributed by atoms with Crippen LogP contribution in [-0.4, -0.2) is 39.2 Å². The molecule has 1 amide bonds. The molecule has 1 aliphatic heterocycles. The van der Waals surface area contributed by atoms with Crippen LogP contribution in [0.5, 0.6) is 0 Å². The van der Waals surface area contributed by atoms with E-state index in [1.807, 2.05) is 33.3 Å². The largest absolute Gasteiger partial charge is 0.444 e. The number of carbonyl (C=O) groups excluding carboxylic acids is 1. The van der Waals surface area contributed by atoms with Gasteiger partial charge in [-0.15, -0.1) is 0 Å². The fraction of sp³-hybridized carbons (Fsp3) is 0.714. The molecule has 1 aromatic rings. The Bertz CT molecular complexity index is 479. The number of ether oxygens (including phenoxy) is 1. The molecule has 104 valence electrons. The zero-order chi connectivity index (χ0) is 13.6. The molecule has 1 aliphatic carbocycles. The third kappa shape index (κ3) is 2.60. The van der Waals surface area contributed by atoms with Gasteiger partial charge in [0.2, 0.25) is 0 Å². The molecule has 5 heteroatoms. The van der Waals surface area contributed by atoms with Crippen LogP contribution >= 0.6 is 0 Å². The Morgan fingerprint density at radius 2 is 2.05 bits per heavy atom. The van der Waals surface area contributed by atoms with Crippen LogP contribution < -0.4 is 0 Å². The minimum absolute atomic E-state index is 0.207. The number of nitrogens with zero attached hydrogens (tertiary/aromatic N) is 3.